The van der Waals surface area contributed by atoms with Gasteiger partial charge in [-0.2, -0.15) is 0 Å². The van der Waals surface area contributed by atoms with E-state index in [1.165, 1.54) is 27.0 Å². The Morgan fingerprint density at radius 2 is 1.31 bits per heavy atom. The van der Waals surface area contributed by atoms with Crippen LogP contribution in [0.1, 0.15) is 25.0 Å². The van der Waals surface area contributed by atoms with Gasteiger partial charge in [0.1, 0.15) is 5.84 Å². The molecule has 42 heavy (non-hydrogen) atoms. The molecule has 3 aromatic carbocycles. The van der Waals surface area contributed by atoms with Gasteiger partial charge < -0.3 is 10.6 Å². The quantitative estimate of drug-likeness (QED) is 0.192. The smallest absolute Gasteiger partial charge is 0.128 e. The molecule has 6 nitrogen and oxygen atoms in total. The van der Waals surface area contributed by atoms with E-state index in [1.807, 2.05) is 30.0 Å². The van der Waals surface area contributed by atoms with Crippen LogP contribution < -0.4 is 10.6 Å². The normalized spacial score (nSPS) is 13.0. The maximum Gasteiger partial charge on any atom is 0.128 e. The molecule has 0 amide bonds. The Balaban J connectivity index is 0.000000151. The molecule has 9 heteroatoms. The third kappa shape index (κ3) is 5.82. The van der Waals surface area contributed by atoms with E-state index >= 15 is 0 Å². The van der Waals surface area contributed by atoms with Gasteiger partial charge in [0.25, 0.3) is 0 Å². The fourth-order valence-corrected chi connectivity index (χ4v) is 6.09. The van der Waals surface area contributed by atoms with Crippen molar-refractivity contribution >= 4 is 98.1 Å². The molecule has 0 aliphatic carbocycles. The van der Waals surface area contributed by atoms with E-state index in [0.29, 0.717) is 0 Å². The molecule has 0 unspecified atom stereocenters. The van der Waals surface area contributed by atoms with Gasteiger partial charge in [-0.1, -0.05) is 31.9 Å². The third-order valence-electron chi connectivity index (χ3n) is 7.38. The van der Waals surface area contributed by atoms with Gasteiger partial charge >= 0.3 is 0 Å². The number of aryl methyl sites for hydroxylation is 2. The van der Waals surface area contributed by atoms with Crippen molar-refractivity contribution in [3.8, 4) is 0 Å². The average molecular weight is 701 g/mol. The van der Waals surface area contributed by atoms with Crippen molar-refractivity contribution in [2.45, 2.75) is 27.7 Å². The number of rotatable bonds is 3. The summed E-state index contributed by atoms with van der Waals surface area (Å²) in [7, 11) is 0. The van der Waals surface area contributed by atoms with Gasteiger partial charge in [0.05, 0.1) is 39.0 Å². The first-order chi connectivity index (χ1) is 20.3. The number of aromatic nitrogens is 3. The van der Waals surface area contributed by atoms with Crippen LogP contribution in [0.25, 0.3) is 32.0 Å². The summed E-state index contributed by atoms with van der Waals surface area (Å²) in [5.74, 6) is 0.965. The van der Waals surface area contributed by atoms with Crippen molar-refractivity contribution < 1.29 is 0 Å². The number of benzene rings is 3. The molecule has 3 aromatic heterocycles. The summed E-state index contributed by atoms with van der Waals surface area (Å²) in [5, 5.41) is 9.12. The Morgan fingerprint density at radius 1 is 0.690 bits per heavy atom. The second kappa shape index (κ2) is 11.9. The number of aliphatic imine (C=N–C) groups is 1. The number of thiazole rings is 1. The van der Waals surface area contributed by atoms with Crippen LogP contribution in [-0.2, 0) is 0 Å². The summed E-state index contributed by atoms with van der Waals surface area (Å²) in [6.07, 6.45) is 3.67. The molecule has 2 N–H and O–H groups in total. The first-order valence-electron chi connectivity index (χ1n) is 13.4. The standard InChI is InChI=1S/C17H12BrN3S.C16H16BrN3/c1-10-6-15-12(8-13(10)18)14(4-5-19-15)21-11-2-3-17-16(7-11)20-9-22-17;1-9-6-15-12(7-13(9)17)14(4-5-18-15)20-16-11(3)10(2)8-19-16/h2-9H,1H3,(H,19,21);4-7H,8H2,1-3H3,(H,18,19,20). The number of anilines is 3. The third-order valence-corrected chi connectivity index (χ3v) is 9.89. The molecule has 210 valence electrons. The SMILES string of the molecule is CC1=C(C)C(Nc2ccnc3cc(C)c(Br)cc23)=NC1.Cc1cc2nccc(Nc3ccc4scnc4c3)c2cc1Br. The van der Waals surface area contributed by atoms with Gasteiger partial charge in [0, 0.05) is 43.5 Å². The van der Waals surface area contributed by atoms with E-state index in [2.05, 4.69) is 133 Å². The zero-order valence-corrected chi connectivity index (χ0v) is 27.6. The number of amidine groups is 1. The van der Waals surface area contributed by atoms with Gasteiger partial charge in [-0.05, 0) is 105 Å². The fraction of sp³-hybridized carbons (Fsp3) is 0.152. The Morgan fingerprint density at radius 3 is 1.90 bits per heavy atom. The minimum absolute atomic E-state index is 0.792. The summed E-state index contributed by atoms with van der Waals surface area (Å²) < 4.78 is 3.38. The van der Waals surface area contributed by atoms with Gasteiger partial charge in [-0.25, -0.2) is 4.98 Å². The lowest BCUT2D eigenvalue weighted by Gasteiger charge is -2.11. The minimum Gasteiger partial charge on any atom is -0.355 e. The van der Waals surface area contributed by atoms with Gasteiger partial charge in [-0.15, -0.1) is 11.3 Å². The number of pyridine rings is 2. The maximum atomic E-state index is 4.54. The molecule has 1 aliphatic heterocycles. The highest BCUT2D eigenvalue weighted by Crippen LogP contribution is 2.32. The molecule has 0 atom stereocenters. The summed E-state index contributed by atoms with van der Waals surface area (Å²) in [4.78, 5) is 17.8. The summed E-state index contributed by atoms with van der Waals surface area (Å²) in [5.41, 5.74) is 12.9. The summed E-state index contributed by atoms with van der Waals surface area (Å²) >= 11 is 8.84. The topological polar surface area (TPSA) is 75.1 Å². The van der Waals surface area contributed by atoms with Crippen LogP contribution in [0.5, 0.6) is 0 Å². The number of hydrogen-bond donors (Lipinski definition) is 2. The number of fused-ring (bicyclic) bond motifs is 3. The number of halogens is 2. The highest BCUT2D eigenvalue weighted by molar-refractivity contribution is 9.10. The van der Waals surface area contributed by atoms with Crippen molar-refractivity contribution in [3.63, 3.8) is 0 Å². The highest BCUT2D eigenvalue weighted by atomic mass is 79.9. The van der Waals surface area contributed by atoms with Crippen molar-refractivity contribution in [1.29, 1.82) is 0 Å². The molecule has 0 fully saturated rings. The van der Waals surface area contributed by atoms with Crippen LogP contribution in [0.15, 0.2) is 97.6 Å². The summed E-state index contributed by atoms with van der Waals surface area (Å²) in [6.45, 7) is 9.17. The van der Waals surface area contributed by atoms with Crippen molar-refractivity contribution in [2.75, 3.05) is 17.2 Å². The van der Waals surface area contributed by atoms with E-state index in [9.17, 15) is 0 Å². The lowest BCUT2D eigenvalue weighted by Crippen LogP contribution is -2.11. The monoisotopic (exact) mass is 698 g/mol. The predicted molar refractivity (Wildman–Crippen MR) is 186 cm³/mol. The van der Waals surface area contributed by atoms with Crippen molar-refractivity contribution in [2.24, 2.45) is 4.99 Å². The van der Waals surface area contributed by atoms with E-state index in [4.69, 9.17) is 0 Å². The van der Waals surface area contributed by atoms with E-state index in [1.54, 1.807) is 11.3 Å². The molecule has 0 saturated carbocycles. The Labute approximate surface area is 265 Å². The van der Waals surface area contributed by atoms with E-state index in [0.717, 1.165) is 65.7 Å². The predicted octanol–water partition coefficient (Wildman–Crippen LogP) is 10.1. The van der Waals surface area contributed by atoms with Gasteiger partial charge in [0.2, 0.25) is 0 Å². The van der Waals surface area contributed by atoms with Crippen LogP contribution in [0, 0.1) is 13.8 Å². The Hall–Kier alpha value is -3.66. The fourth-order valence-electron chi connectivity index (χ4n) is 4.75. The minimum atomic E-state index is 0.792. The second-order valence-corrected chi connectivity index (χ2v) is 12.9. The first-order valence-corrected chi connectivity index (χ1v) is 15.9. The Kier molecular flexibility index (Phi) is 8.07. The van der Waals surface area contributed by atoms with Gasteiger partial charge in [0.15, 0.2) is 0 Å². The molecule has 6 aromatic rings. The molecular formula is C33H28Br2N6S. The van der Waals surface area contributed by atoms with E-state index < -0.39 is 0 Å². The van der Waals surface area contributed by atoms with Gasteiger partial charge in [-0.3, -0.25) is 15.0 Å². The number of hydrogen-bond acceptors (Lipinski definition) is 7. The first kappa shape index (κ1) is 28.5. The molecule has 1 aliphatic rings. The van der Waals surface area contributed by atoms with Crippen LogP contribution in [0.4, 0.5) is 17.1 Å². The van der Waals surface area contributed by atoms with Crippen LogP contribution in [0.3, 0.4) is 0 Å². The highest BCUT2D eigenvalue weighted by Gasteiger charge is 2.14. The number of nitrogens with zero attached hydrogens (tertiary/aromatic N) is 4. The maximum absolute atomic E-state index is 4.54. The molecule has 0 bridgehead atoms. The van der Waals surface area contributed by atoms with Crippen molar-refractivity contribution in [1.82, 2.24) is 15.0 Å². The average Bonchev–Trinajstić information content (AvgIpc) is 3.57. The molecule has 7 rings (SSSR count). The Bertz CT molecular complexity index is 2050. The molecule has 0 spiro atoms. The lowest BCUT2D eigenvalue weighted by molar-refractivity contribution is 1.16. The lowest BCUT2D eigenvalue weighted by atomic mass is 10.1. The zero-order valence-electron chi connectivity index (χ0n) is 23.6. The summed E-state index contributed by atoms with van der Waals surface area (Å²) in [6, 6.07) is 18.6. The molecule has 4 heterocycles. The van der Waals surface area contributed by atoms with Crippen molar-refractivity contribution in [3.05, 3.63) is 104 Å². The largest absolute Gasteiger partial charge is 0.355 e. The zero-order chi connectivity index (χ0) is 29.4. The van der Waals surface area contributed by atoms with Crippen LogP contribution in [-0.4, -0.2) is 27.3 Å². The van der Waals surface area contributed by atoms with E-state index in [-0.39, 0.29) is 0 Å². The second-order valence-electron chi connectivity index (χ2n) is 10.3. The van der Waals surface area contributed by atoms with Crippen LogP contribution in [0.2, 0.25) is 0 Å². The number of nitrogens with one attached hydrogen (secondary N) is 2. The molecular weight excluding hydrogens is 672 g/mol. The molecule has 0 radical (unpaired) electrons. The van der Waals surface area contributed by atoms with Crippen LogP contribution >= 0.6 is 43.2 Å². The molecule has 0 saturated heterocycles.